The zero-order valence-electron chi connectivity index (χ0n) is 17.7. The highest BCUT2D eigenvalue weighted by Gasteiger charge is 2.35. The van der Waals surface area contributed by atoms with Gasteiger partial charge in [-0.3, -0.25) is 9.69 Å². The topological polar surface area (TPSA) is 95.7 Å². The van der Waals surface area contributed by atoms with Crippen LogP contribution in [0, 0.1) is 0 Å². The summed E-state index contributed by atoms with van der Waals surface area (Å²) in [7, 11) is 0. The van der Waals surface area contributed by atoms with Crippen molar-refractivity contribution < 1.29 is 14.7 Å². The molecule has 164 valence electrons. The van der Waals surface area contributed by atoms with E-state index in [9.17, 15) is 14.7 Å². The number of rotatable bonds is 8. The summed E-state index contributed by atoms with van der Waals surface area (Å²) in [5.74, 6) is 0.0296. The standard InChI is InChI=1S/C26H27N3O3/c27-23-16-22(23)20-11-13-21(14-12-20)28-25(30)24(15-18-7-3-1-4-8-18)29(26(31)32)17-19-9-5-2-6-10-19/h1-14,22-24H,15-17,27H2,(H,28,30)(H,31,32)/t22-,23-,24?/m0/s1. The molecule has 0 radical (unpaired) electrons. The lowest BCUT2D eigenvalue weighted by Gasteiger charge is -2.29. The number of amides is 2. The van der Waals surface area contributed by atoms with Crippen LogP contribution < -0.4 is 11.1 Å². The molecule has 4 rings (SSSR count). The van der Waals surface area contributed by atoms with Crippen LogP contribution >= 0.6 is 0 Å². The van der Waals surface area contributed by atoms with Gasteiger partial charge in [0.05, 0.1) is 0 Å². The maximum Gasteiger partial charge on any atom is 0.408 e. The fourth-order valence-corrected chi connectivity index (χ4v) is 3.91. The van der Waals surface area contributed by atoms with Crippen LogP contribution in [0.1, 0.15) is 29.0 Å². The molecule has 1 aliphatic carbocycles. The third-order valence-electron chi connectivity index (χ3n) is 5.84. The van der Waals surface area contributed by atoms with E-state index < -0.39 is 12.1 Å². The van der Waals surface area contributed by atoms with Crippen LogP contribution in [-0.2, 0) is 17.8 Å². The van der Waals surface area contributed by atoms with E-state index in [2.05, 4.69) is 5.32 Å². The van der Waals surface area contributed by atoms with Crippen molar-refractivity contribution in [3.05, 3.63) is 102 Å². The van der Waals surface area contributed by atoms with Crippen LogP contribution in [0.15, 0.2) is 84.9 Å². The number of carbonyl (C=O) groups is 2. The van der Waals surface area contributed by atoms with Gasteiger partial charge in [0, 0.05) is 30.6 Å². The Kier molecular flexibility index (Phi) is 6.52. The van der Waals surface area contributed by atoms with Gasteiger partial charge in [-0.2, -0.15) is 0 Å². The van der Waals surface area contributed by atoms with Gasteiger partial charge in [0.2, 0.25) is 5.91 Å². The van der Waals surface area contributed by atoms with Crippen molar-refractivity contribution in [2.45, 2.75) is 37.4 Å². The molecule has 6 nitrogen and oxygen atoms in total. The molecule has 1 unspecified atom stereocenters. The molecular formula is C26H27N3O3. The number of nitrogens with two attached hydrogens (primary N) is 1. The van der Waals surface area contributed by atoms with E-state index in [1.807, 2.05) is 84.9 Å². The van der Waals surface area contributed by atoms with E-state index in [1.165, 1.54) is 4.90 Å². The molecule has 1 aliphatic rings. The number of anilines is 1. The Morgan fingerprint density at radius 1 is 0.938 bits per heavy atom. The second kappa shape index (κ2) is 9.66. The highest BCUT2D eigenvalue weighted by Crippen LogP contribution is 2.39. The third kappa shape index (κ3) is 5.34. The van der Waals surface area contributed by atoms with Gasteiger partial charge < -0.3 is 16.2 Å². The molecule has 2 amide bonds. The monoisotopic (exact) mass is 429 g/mol. The first-order valence-electron chi connectivity index (χ1n) is 10.7. The lowest BCUT2D eigenvalue weighted by molar-refractivity contribution is -0.121. The Balaban J connectivity index is 1.55. The largest absolute Gasteiger partial charge is 0.465 e. The van der Waals surface area contributed by atoms with Crippen molar-refractivity contribution in [3.8, 4) is 0 Å². The summed E-state index contributed by atoms with van der Waals surface area (Å²) in [5.41, 5.74) is 9.44. The van der Waals surface area contributed by atoms with E-state index in [4.69, 9.17) is 5.73 Å². The van der Waals surface area contributed by atoms with Crippen molar-refractivity contribution >= 4 is 17.7 Å². The fourth-order valence-electron chi connectivity index (χ4n) is 3.91. The second-order valence-electron chi connectivity index (χ2n) is 8.22. The molecule has 0 saturated heterocycles. The predicted octanol–water partition coefficient (Wildman–Crippen LogP) is 4.23. The van der Waals surface area contributed by atoms with Gasteiger partial charge in [0.1, 0.15) is 6.04 Å². The quantitative estimate of drug-likeness (QED) is 0.499. The van der Waals surface area contributed by atoms with E-state index in [1.54, 1.807) is 0 Å². The first kappa shape index (κ1) is 21.6. The minimum absolute atomic E-state index is 0.125. The molecule has 1 saturated carbocycles. The van der Waals surface area contributed by atoms with Crippen LogP contribution in [0.25, 0.3) is 0 Å². The summed E-state index contributed by atoms with van der Waals surface area (Å²) in [6.07, 6.45) is 0.127. The summed E-state index contributed by atoms with van der Waals surface area (Å²) in [6.45, 7) is 0.125. The molecule has 1 fully saturated rings. The Labute approximate surface area is 187 Å². The summed E-state index contributed by atoms with van der Waals surface area (Å²) in [4.78, 5) is 26.7. The van der Waals surface area contributed by atoms with E-state index in [0.29, 0.717) is 11.6 Å². The Morgan fingerprint density at radius 3 is 2.03 bits per heavy atom. The molecule has 3 aromatic rings. The molecule has 0 aromatic heterocycles. The van der Waals surface area contributed by atoms with Crippen LogP contribution in [0.3, 0.4) is 0 Å². The zero-order chi connectivity index (χ0) is 22.5. The molecule has 32 heavy (non-hydrogen) atoms. The van der Waals surface area contributed by atoms with Crippen molar-refractivity contribution in [3.63, 3.8) is 0 Å². The second-order valence-corrected chi connectivity index (χ2v) is 8.22. The molecule has 0 heterocycles. The van der Waals surface area contributed by atoms with Crippen LogP contribution in [-0.4, -0.2) is 34.1 Å². The molecule has 4 N–H and O–H groups in total. The van der Waals surface area contributed by atoms with Crippen molar-refractivity contribution in [2.75, 3.05) is 5.32 Å². The average Bonchev–Trinajstić information content (AvgIpc) is 3.54. The molecule has 6 heteroatoms. The van der Waals surface area contributed by atoms with Crippen molar-refractivity contribution in [2.24, 2.45) is 5.73 Å². The van der Waals surface area contributed by atoms with Crippen LogP contribution in [0.5, 0.6) is 0 Å². The van der Waals surface area contributed by atoms with Gasteiger partial charge in [-0.05, 0) is 35.2 Å². The van der Waals surface area contributed by atoms with Crippen LogP contribution in [0.2, 0.25) is 0 Å². The molecule has 3 atom stereocenters. The Bertz CT molecular complexity index is 1050. The minimum Gasteiger partial charge on any atom is -0.465 e. The molecule has 0 bridgehead atoms. The first-order valence-corrected chi connectivity index (χ1v) is 10.7. The lowest BCUT2D eigenvalue weighted by Crippen LogP contribution is -2.47. The van der Waals surface area contributed by atoms with Gasteiger partial charge >= 0.3 is 6.09 Å². The molecule has 0 aliphatic heterocycles. The normalized spacial score (nSPS) is 17.9. The highest BCUT2D eigenvalue weighted by atomic mass is 16.4. The average molecular weight is 430 g/mol. The smallest absolute Gasteiger partial charge is 0.408 e. The number of nitrogens with one attached hydrogen (secondary N) is 1. The number of hydrogen-bond acceptors (Lipinski definition) is 3. The van der Waals surface area contributed by atoms with Crippen molar-refractivity contribution in [1.29, 1.82) is 0 Å². The highest BCUT2D eigenvalue weighted by molar-refractivity contribution is 5.96. The lowest BCUT2D eigenvalue weighted by atomic mass is 10.0. The molecule has 3 aromatic carbocycles. The van der Waals surface area contributed by atoms with E-state index >= 15 is 0 Å². The number of hydrogen-bond donors (Lipinski definition) is 3. The summed E-state index contributed by atoms with van der Waals surface area (Å²) in [5, 5.41) is 12.9. The summed E-state index contributed by atoms with van der Waals surface area (Å²) >= 11 is 0. The van der Waals surface area contributed by atoms with E-state index in [-0.39, 0.29) is 24.9 Å². The Hall–Kier alpha value is -3.64. The van der Waals surface area contributed by atoms with Gasteiger partial charge in [0.25, 0.3) is 0 Å². The van der Waals surface area contributed by atoms with E-state index in [0.717, 1.165) is 23.1 Å². The van der Waals surface area contributed by atoms with Gasteiger partial charge in [-0.25, -0.2) is 4.79 Å². The number of carbonyl (C=O) groups excluding carboxylic acids is 1. The number of benzene rings is 3. The fraction of sp³-hybridized carbons (Fsp3) is 0.231. The zero-order valence-corrected chi connectivity index (χ0v) is 17.7. The summed E-state index contributed by atoms with van der Waals surface area (Å²) in [6, 6.07) is 25.7. The van der Waals surface area contributed by atoms with Gasteiger partial charge in [0.15, 0.2) is 0 Å². The predicted molar refractivity (Wildman–Crippen MR) is 124 cm³/mol. The van der Waals surface area contributed by atoms with Crippen molar-refractivity contribution in [1.82, 2.24) is 4.90 Å². The van der Waals surface area contributed by atoms with Gasteiger partial charge in [-0.15, -0.1) is 0 Å². The molecule has 0 spiro atoms. The number of carboxylic acid groups (broad SMARTS) is 1. The SMILES string of the molecule is N[C@H]1C[C@H]1c1ccc(NC(=O)C(Cc2ccccc2)N(Cc2ccccc2)C(=O)O)cc1. The summed E-state index contributed by atoms with van der Waals surface area (Å²) < 4.78 is 0. The minimum atomic E-state index is -1.14. The Morgan fingerprint density at radius 2 is 1.50 bits per heavy atom. The van der Waals surface area contributed by atoms with Gasteiger partial charge in [-0.1, -0.05) is 72.8 Å². The maximum absolute atomic E-state index is 13.3. The maximum atomic E-state index is 13.3. The van der Waals surface area contributed by atoms with Crippen LogP contribution in [0.4, 0.5) is 10.5 Å². The molecular weight excluding hydrogens is 402 g/mol. The first-order chi connectivity index (χ1) is 15.5. The number of nitrogens with zero attached hydrogens (tertiary/aromatic N) is 1. The third-order valence-corrected chi connectivity index (χ3v) is 5.84.